The van der Waals surface area contributed by atoms with Crippen LogP contribution in [-0.4, -0.2) is 69.1 Å². The molecule has 3 heterocycles. The molecule has 240 valence electrons. The molecule has 1 fully saturated rings. The van der Waals surface area contributed by atoms with E-state index in [9.17, 15) is 23.5 Å². The summed E-state index contributed by atoms with van der Waals surface area (Å²) >= 11 is 1.22. The standard InChI is InChI=1S/C31H39F3N4O5S/c1-17(19-10-9-11-21(23(19)32)31(33,34)29(6,7)41)35-26-20-16-22(44-24(20)18(2)36-37-26)25(39)30(42-8)12-14-38(15-13-30)27(40)43-28(3,4)5/h9-11,16-17,41H,12-15H2,1-8H3,(H,35,37)/t17-/m1/s1. The lowest BCUT2D eigenvalue weighted by molar-refractivity contribution is -0.170. The number of likely N-dealkylation sites (tertiary alicyclic amines) is 1. The third kappa shape index (κ3) is 6.40. The van der Waals surface area contributed by atoms with Crippen LogP contribution in [0, 0.1) is 12.7 Å². The van der Waals surface area contributed by atoms with E-state index in [1.165, 1.54) is 30.6 Å². The summed E-state index contributed by atoms with van der Waals surface area (Å²) in [6.07, 6.45) is 0.108. The molecule has 1 saturated heterocycles. The highest BCUT2D eigenvalue weighted by atomic mass is 32.1. The summed E-state index contributed by atoms with van der Waals surface area (Å²) in [5.74, 6) is -4.97. The molecule has 0 bridgehead atoms. The molecule has 0 aliphatic carbocycles. The molecule has 1 aliphatic rings. The molecule has 44 heavy (non-hydrogen) atoms. The van der Waals surface area contributed by atoms with Gasteiger partial charge in [-0.1, -0.05) is 12.1 Å². The fourth-order valence-electron chi connectivity index (χ4n) is 5.14. The first-order valence-electron chi connectivity index (χ1n) is 14.3. The van der Waals surface area contributed by atoms with E-state index < -0.39 is 46.2 Å². The number of amides is 1. The number of thiophene rings is 1. The quantitative estimate of drug-likeness (QED) is 0.261. The van der Waals surface area contributed by atoms with E-state index in [0.29, 0.717) is 20.7 Å². The number of anilines is 1. The van der Waals surface area contributed by atoms with Crippen LogP contribution in [0.4, 0.5) is 23.8 Å². The Morgan fingerprint density at radius 1 is 1.14 bits per heavy atom. The number of nitrogens with one attached hydrogen (secondary N) is 1. The summed E-state index contributed by atoms with van der Waals surface area (Å²) in [5, 5.41) is 22.0. The summed E-state index contributed by atoms with van der Waals surface area (Å²) in [5.41, 5.74) is -4.66. The van der Waals surface area contributed by atoms with Gasteiger partial charge in [-0.3, -0.25) is 4.79 Å². The molecule has 0 saturated carbocycles. The van der Waals surface area contributed by atoms with Gasteiger partial charge in [-0.25, -0.2) is 9.18 Å². The van der Waals surface area contributed by atoms with Crippen LogP contribution < -0.4 is 5.32 Å². The molecule has 0 radical (unpaired) electrons. The van der Waals surface area contributed by atoms with Gasteiger partial charge < -0.3 is 24.8 Å². The van der Waals surface area contributed by atoms with E-state index in [0.717, 1.165) is 19.9 Å². The highest BCUT2D eigenvalue weighted by molar-refractivity contribution is 7.21. The average Bonchev–Trinajstić information content (AvgIpc) is 3.39. The molecule has 1 aromatic carbocycles. The number of hydrogen-bond acceptors (Lipinski definition) is 9. The number of carbonyl (C=O) groups excluding carboxylic acids is 2. The Morgan fingerprint density at radius 3 is 2.34 bits per heavy atom. The van der Waals surface area contributed by atoms with Crippen LogP contribution >= 0.6 is 11.3 Å². The minimum Gasteiger partial charge on any atom is -0.444 e. The molecule has 0 unspecified atom stereocenters. The highest BCUT2D eigenvalue weighted by Gasteiger charge is 2.49. The lowest BCUT2D eigenvalue weighted by Crippen LogP contribution is -2.52. The second-order valence-electron chi connectivity index (χ2n) is 12.7. The number of hydrogen-bond donors (Lipinski definition) is 2. The Bertz CT molecular complexity index is 1560. The molecule has 2 aromatic heterocycles. The number of aryl methyl sites for hydroxylation is 1. The van der Waals surface area contributed by atoms with Crippen LogP contribution in [0.1, 0.15) is 86.9 Å². The van der Waals surface area contributed by atoms with Gasteiger partial charge >= 0.3 is 12.0 Å². The van der Waals surface area contributed by atoms with E-state index in [2.05, 4.69) is 15.5 Å². The van der Waals surface area contributed by atoms with Crippen LogP contribution in [0.15, 0.2) is 24.3 Å². The average molecular weight is 637 g/mol. The van der Waals surface area contributed by atoms with Crippen molar-refractivity contribution < 1.29 is 37.3 Å². The number of ether oxygens (including phenoxy) is 2. The summed E-state index contributed by atoms with van der Waals surface area (Å²) in [4.78, 5) is 28.4. The number of Topliss-reactive ketones (excluding diaryl/α,β-unsaturated/α-hetero) is 1. The normalized spacial score (nSPS) is 16.6. The number of nitrogens with zero attached hydrogens (tertiary/aromatic N) is 3. The van der Waals surface area contributed by atoms with E-state index in [1.54, 1.807) is 45.6 Å². The number of fused-ring (bicyclic) bond motifs is 1. The van der Waals surface area contributed by atoms with Gasteiger partial charge in [0.15, 0.2) is 5.82 Å². The fraction of sp³-hybridized carbons (Fsp3) is 0.548. The van der Waals surface area contributed by atoms with Crippen molar-refractivity contribution in [2.45, 2.75) is 90.1 Å². The van der Waals surface area contributed by atoms with Crippen molar-refractivity contribution in [3.63, 3.8) is 0 Å². The van der Waals surface area contributed by atoms with Crippen molar-refractivity contribution in [1.82, 2.24) is 15.1 Å². The number of alkyl halides is 2. The van der Waals surface area contributed by atoms with Gasteiger partial charge in [0, 0.05) is 44.0 Å². The Labute approximate surface area is 258 Å². The lowest BCUT2D eigenvalue weighted by Gasteiger charge is -2.39. The number of aliphatic hydroxyl groups is 1. The van der Waals surface area contributed by atoms with Crippen LogP contribution in [0.2, 0.25) is 0 Å². The van der Waals surface area contributed by atoms with Crippen LogP contribution in [0.25, 0.3) is 10.1 Å². The molecule has 1 atom stereocenters. The third-order valence-electron chi connectivity index (χ3n) is 7.82. The first kappa shape index (κ1) is 33.6. The highest BCUT2D eigenvalue weighted by Crippen LogP contribution is 2.42. The summed E-state index contributed by atoms with van der Waals surface area (Å²) < 4.78 is 57.1. The second-order valence-corrected chi connectivity index (χ2v) is 13.7. The number of carbonyl (C=O) groups is 2. The van der Waals surface area contributed by atoms with Crippen molar-refractivity contribution in [2.75, 3.05) is 25.5 Å². The molecular formula is C31H39F3N4O5S. The van der Waals surface area contributed by atoms with Gasteiger partial charge in [0.2, 0.25) is 5.78 Å². The molecule has 1 amide bonds. The Hall–Kier alpha value is -3.29. The fourth-order valence-corrected chi connectivity index (χ4v) is 6.27. The van der Waals surface area contributed by atoms with E-state index in [1.807, 2.05) is 0 Å². The maximum atomic E-state index is 15.4. The van der Waals surface area contributed by atoms with Crippen molar-refractivity contribution >= 4 is 39.1 Å². The number of rotatable bonds is 8. The van der Waals surface area contributed by atoms with Gasteiger partial charge in [-0.05, 0) is 60.6 Å². The second kappa shape index (κ2) is 11.9. The zero-order valence-electron chi connectivity index (χ0n) is 26.2. The zero-order chi connectivity index (χ0) is 32.8. The summed E-state index contributed by atoms with van der Waals surface area (Å²) in [7, 11) is 1.47. The van der Waals surface area contributed by atoms with E-state index in [-0.39, 0.29) is 43.1 Å². The number of benzene rings is 1. The van der Waals surface area contributed by atoms with Crippen molar-refractivity contribution in [3.05, 3.63) is 51.8 Å². The van der Waals surface area contributed by atoms with Gasteiger partial charge in [0.05, 0.1) is 26.9 Å². The number of ketones is 1. The first-order valence-corrected chi connectivity index (χ1v) is 15.1. The molecule has 9 nitrogen and oxygen atoms in total. The number of piperidine rings is 1. The minimum atomic E-state index is -3.84. The maximum Gasteiger partial charge on any atom is 0.410 e. The van der Waals surface area contributed by atoms with Crippen LogP contribution in [0.3, 0.4) is 0 Å². The lowest BCUT2D eigenvalue weighted by atomic mass is 9.86. The topological polar surface area (TPSA) is 114 Å². The monoisotopic (exact) mass is 636 g/mol. The smallest absolute Gasteiger partial charge is 0.410 e. The Balaban J connectivity index is 1.61. The molecular weight excluding hydrogens is 597 g/mol. The van der Waals surface area contributed by atoms with Crippen LogP contribution in [0.5, 0.6) is 0 Å². The number of aromatic nitrogens is 2. The molecule has 0 spiro atoms. The van der Waals surface area contributed by atoms with Crippen molar-refractivity contribution in [1.29, 1.82) is 0 Å². The molecule has 13 heteroatoms. The Kier molecular flexibility index (Phi) is 9.09. The first-order chi connectivity index (χ1) is 20.3. The zero-order valence-corrected chi connectivity index (χ0v) is 27.0. The molecule has 2 N–H and O–H groups in total. The number of methoxy groups -OCH3 is 1. The summed E-state index contributed by atoms with van der Waals surface area (Å²) in [6.45, 7) is 11.1. The maximum absolute atomic E-state index is 15.4. The third-order valence-corrected chi connectivity index (χ3v) is 9.06. The Morgan fingerprint density at radius 2 is 1.77 bits per heavy atom. The van der Waals surface area contributed by atoms with E-state index in [4.69, 9.17) is 9.47 Å². The van der Waals surface area contributed by atoms with Gasteiger partial charge in [-0.15, -0.1) is 16.4 Å². The molecule has 1 aliphatic heterocycles. The van der Waals surface area contributed by atoms with Gasteiger partial charge in [0.25, 0.3) is 0 Å². The summed E-state index contributed by atoms with van der Waals surface area (Å²) in [6, 6.07) is 4.49. The van der Waals surface area contributed by atoms with Crippen molar-refractivity contribution in [2.24, 2.45) is 0 Å². The predicted octanol–water partition coefficient (Wildman–Crippen LogP) is 6.77. The van der Waals surface area contributed by atoms with Crippen molar-refractivity contribution in [3.8, 4) is 0 Å². The van der Waals surface area contributed by atoms with Gasteiger partial charge in [0.1, 0.15) is 22.6 Å². The molecule has 3 aromatic rings. The minimum absolute atomic E-state index is 0.0523. The van der Waals surface area contributed by atoms with Gasteiger partial charge in [-0.2, -0.15) is 13.9 Å². The molecule has 4 rings (SSSR count). The van der Waals surface area contributed by atoms with E-state index >= 15 is 4.39 Å². The SMILES string of the molecule is COC1(C(=O)c2cc3c(N[C@H](C)c4cccc(C(F)(F)C(C)(C)O)c4F)nnc(C)c3s2)CCN(C(=O)OC(C)(C)C)CC1. The predicted molar refractivity (Wildman–Crippen MR) is 162 cm³/mol. The number of halogens is 3. The largest absolute Gasteiger partial charge is 0.444 e. The van der Waals surface area contributed by atoms with Crippen LogP contribution in [-0.2, 0) is 15.4 Å².